The first-order valence-electron chi connectivity index (χ1n) is 6.48. The molecule has 0 radical (unpaired) electrons. The number of aliphatic carboxylic acids is 1. The molecule has 110 valence electrons. The zero-order chi connectivity index (χ0) is 15.2. The second kappa shape index (κ2) is 7.33. The van der Waals surface area contributed by atoms with Gasteiger partial charge in [0.1, 0.15) is 5.41 Å². The van der Waals surface area contributed by atoms with Gasteiger partial charge in [0.2, 0.25) is 5.91 Å². The van der Waals surface area contributed by atoms with Crippen LogP contribution < -0.4 is 5.32 Å². The van der Waals surface area contributed by atoms with Crippen molar-refractivity contribution >= 4 is 23.6 Å². The molecule has 4 nitrogen and oxygen atoms in total. The number of carboxylic acids is 1. The summed E-state index contributed by atoms with van der Waals surface area (Å²) in [6.07, 6.45) is 2.34. The molecule has 2 N–H and O–H groups in total. The van der Waals surface area contributed by atoms with E-state index in [1.165, 1.54) is 0 Å². The molecule has 5 heteroatoms. The van der Waals surface area contributed by atoms with E-state index in [2.05, 4.69) is 5.32 Å². The summed E-state index contributed by atoms with van der Waals surface area (Å²) >= 11 is 1.61. The van der Waals surface area contributed by atoms with E-state index < -0.39 is 11.4 Å². The van der Waals surface area contributed by atoms with Gasteiger partial charge < -0.3 is 10.4 Å². The van der Waals surface area contributed by atoms with Crippen LogP contribution in [0.25, 0.3) is 0 Å². The smallest absolute Gasteiger partial charge is 0.315 e. The van der Waals surface area contributed by atoms with Crippen LogP contribution in [0.2, 0.25) is 0 Å². The Hall–Kier alpha value is -1.49. The Morgan fingerprint density at radius 2 is 1.95 bits per heavy atom. The average Bonchev–Trinajstić information content (AvgIpc) is 2.45. The van der Waals surface area contributed by atoms with E-state index in [0.29, 0.717) is 12.0 Å². The molecule has 0 saturated heterocycles. The Balaban J connectivity index is 2.74. The molecule has 0 aliphatic heterocycles. The molecule has 0 saturated carbocycles. The van der Waals surface area contributed by atoms with Crippen LogP contribution in [0.5, 0.6) is 0 Å². The van der Waals surface area contributed by atoms with E-state index in [1.807, 2.05) is 19.2 Å². The molecule has 0 heterocycles. The van der Waals surface area contributed by atoms with Gasteiger partial charge in [0.15, 0.2) is 0 Å². The van der Waals surface area contributed by atoms with Crippen molar-refractivity contribution in [3.63, 3.8) is 0 Å². The molecular weight excluding hydrogens is 274 g/mol. The minimum absolute atomic E-state index is 0.0896. The van der Waals surface area contributed by atoms with Crippen LogP contribution in [0.15, 0.2) is 30.3 Å². The molecule has 2 atom stereocenters. The SMILES string of the molecule is CSC(C)CC(=O)NCC(C)(C(=O)O)c1ccccc1. The summed E-state index contributed by atoms with van der Waals surface area (Å²) in [4.78, 5) is 23.4. The second-order valence-corrected chi connectivity index (χ2v) is 6.31. The number of hydrogen-bond acceptors (Lipinski definition) is 3. The summed E-state index contributed by atoms with van der Waals surface area (Å²) in [6, 6.07) is 8.97. The molecule has 0 aliphatic carbocycles. The number of thioether (sulfide) groups is 1. The molecule has 1 aromatic rings. The van der Waals surface area contributed by atoms with Crippen LogP contribution in [0, 0.1) is 0 Å². The molecule has 1 rings (SSSR count). The van der Waals surface area contributed by atoms with Crippen molar-refractivity contribution in [2.24, 2.45) is 0 Å². The molecule has 20 heavy (non-hydrogen) atoms. The van der Waals surface area contributed by atoms with Crippen LogP contribution in [0.3, 0.4) is 0 Å². The van der Waals surface area contributed by atoms with Gasteiger partial charge in [-0.15, -0.1) is 0 Å². The Kier molecular flexibility index (Phi) is 6.07. The van der Waals surface area contributed by atoms with Gasteiger partial charge in [-0.1, -0.05) is 37.3 Å². The fraction of sp³-hybridized carbons (Fsp3) is 0.467. The molecule has 0 fully saturated rings. The van der Waals surface area contributed by atoms with Crippen LogP contribution >= 0.6 is 11.8 Å². The third-order valence-corrected chi connectivity index (χ3v) is 4.37. The number of amides is 1. The quantitative estimate of drug-likeness (QED) is 0.810. The summed E-state index contributed by atoms with van der Waals surface area (Å²) in [5.74, 6) is -1.06. The highest BCUT2D eigenvalue weighted by atomic mass is 32.2. The van der Waals surface area contributed by atoms with Crippen molar-refractivity contribution in [2.75, 3.05) is 12.8 Å². The maximum atomic E-state index is 11.8. The Morgan fingerprint density at radius 1 is 1.35 bits per heavy atom. The number of benzene rings is 1. The average molecular weight is 295 g/mol. The predicted octanol–water partition coefficient (Wildman–Crippen LogP) is 2.29. The van der Waals surface area contributed by atoms with Gasteiger partial charge in [-0.3, -0.25) is 9.59 Å². The van der Waals surface area contributed by atoms with Gasteiger partial charge in [-0.2, -0.15) is 11.8 Å². The molecular formula is C15H21NO3S. The van der Waals surface area contributed by atoms with E-state index in [-0.39, 0.29) is 17.7 Å². The molecule has 1 amide bonds. The van der Waals surface area contributed by atoms with E-state index in [9.17, 15) is 14.7 Å². The van der Waals surface area contributed by atoms with E-state index in [4.69, 9.17) is 0 Å². The van der Waals surface area contributed by atoms with Crippen molar-refractivity contribution < 1.29 is 14.7 Å². The zero-order valence-corrected chi connectivity index (χ0v) is 12.9. The lowest BCUT2D eigenvalue weighted by Crippen LogP contribution is -2.44. The van der Waals surface area contributed by atoms with Gasteiger partial charge >= 0.3 is 5.97 Å². The monoisotopic (exact) mass is 295 g/mol. The number of nitrogens with one attached hydrogen (secondary N) is 1. The summed E-state index contributed by atoms with van der Waals surface area (Å²) in [7, 11) is 0. The van der Waals surface area contributed by atoms with Crippen LogP contribution in [0.1, 0.15) is 25.8 Å². The number of hydrogen-bond donors (Lipinski definition) is 2. The highest BCUT2D eigenvalue weighted by Gasteiger charge is 2.35. The molecule has 2 unspecified atom stereocenters. The highest BCUT2D eigenvalue weighted by molar-refractivity contribution is 7.99. The van der Waals surface area contributed by atoms with Gasteiger partial charge in [0.25, 0.3) is 0 Å². The minimum atomic E-state index is -1.11. The topological polar surface area (TPSA) is 66.4 Å². The summed E-state index contributed by atoms with van der Waals surface area (Å²) in [5.41, 5.74) is -0.426. The first-order valence-corrected chi connectivity index (χ1v) is 7.77. The lowest BCUT2D eigenvalue weighted by Gasteiger charge is -2.26. The second-order valence-electron chi connectivity index (χ2n) is 5.03. The Labute approximate surface area is 124 Å². The van der Waals surface area contributed by atoms with E-state index >= 15 is 0 Å². The van der Waals surface area contributed by atoms with Gasteiger partial charge in [-0.25, -0.2) is 0 Å². The lowest BCUT2D eigenvalue weighted by atomic mass is 9.82. The first kappa shape index (κ1) is 16.6. The third-order valence-electron chi connectivity index (χ3n) is 3.40. The molecule has 0 aromatic heterocycles. The number of carboxylic acid groups (broad SMARTS) is 1. The first-order chi connectivity index (χ1) is 9.40. The van der Waals surface area contributed by atoms with Crippen LogP contribution in [0.4, 0.5) is 0 Å². The Morgan fingerprint density at radius 3 is 2.45 bits per heavy atom. The molecule has 0 bridgehead atoms. The third kappa shape index (κ3) is 4.27. The van der Waals surface area contributed by atoms with Crippen molar-refractivity contribution in [3.05, 3.63) is 35.9 Å². The van der Waals surface area contributed by atoms with Crippen LogP contribution in [-0.2, 0) is 15.0 Å². The zero-order valence-electron chi connectivity index (χ0n) is 12.1. The minimum Gasteiger partial charge on any atom is -0.481 e. The molecule has 1 aromatic carbocycles. The van der Waals surface area contributed by atoms with Crippen molar-refractivity contribution in [1.82, 2.24) is 5.32 Å². The maximum Gasteiger partial charge on any atom is 0.315 e. The van der Waals surface area contributed by atoms with Gasteiger partial charge in [0, 0.05) is 18.2 Å². The number of carbonyl (C=O) groups is 2. The lowest BCUT2D eigenvalue weighted by molar-refractivity contribution is -0.143. The predicted molar refractivity (Wildman–Crippen MR) is 82.0 cm³/mol. The summed E-state index contributed by atoms with van der Waals surface area (Å²) in [6.45, 7) is 3.69. The van der Waals surface area contributed by atoms with E-state index in [0.717, 1.165) is 0 Å². The summed E-state index contributed by atoms with van der Waals surface area (Å²) in [5, 5.41) is 12.4. The normalized spacial score (nSPS) is 15.2. The maximum absolute atomic E-state index is 11.8. The van der Waals surface area contributed by atoms with Crippen molar-refractivity contribution in [2.45, 2.75) is 30.9 Å². The van der Waals surface area contributed by atoms with Gasteiger partial charge in [0.05, 0.1) is 0 Å². The van der Waals surface area contributed by atoms with Crippen molar-refractivity contribution in [1.29, 1.82) is 0 Å². The largest absolute Gasteiger partial charge is 0.481 e. The fourth-order valence-corrected chi connectivity index (χ4v) is 2.12. The standard InChI is InChI=1S/C15H21NO3S/c1-11(20-3)9-13(17)16-10-15(2,14(18)19)12-7-5-4-6-8-12/h4-8,11H,9-10H2,1-3H3,(H,16,17)(H,18,19). The molecule has 0 aliphatic rings. The van der Waals surface area contributed by atoms with Crippen LogP contribution in [-0.4, -0.2) is 35.0 Å². The molecule has 0 spiro atoms. The number of rotatable bonds is 7. The fourth-order valence-electron chi connectivity index (χ4n) is 1.80. The Bertz CT molecular complexity index is 463. The number of carbonyl (C=O) groups excluding carboxylic acids is 1. The van der Waals surface area contributed by atoms with E-state index in [1.54, 1.807) is 43.0 Å². The summed E-state index contributed by atoms with van der Waals surface area (Å²) < 4.78 is 0. The van der Waals surface area contributed by atoms with Gasteiger partial charge in [-0.05, 0) is 18.7 Å². The van der Waals surface area contributed by atoms with Crippen molar-refractivity contribution in [3.8, 4) is 0 Å². The highest BCUT2D eigenvalue weighted by Crippen LogP contribution is 2.23.